The highest BCUT2D eigenvalue weighted by atomic mass is 16.3. The summed E-state index contributed by atoms with van der Waals surface area (Å²) < 4.78 is 0. The second-order valence-corrected chi connectivity index (χ2v) is 6.84. The lowest BCUT2D eigenvalue weighted by atomic mass is 9.90. The first kappa shape index (κ1) is 14.4. The standard InChI is InChI=1S/C16H26N2O/c1-15(2,3)17-10-9-16(4,19)14-11-12-7-5-6-8-13(12)18-14/h5-8,14,17-19H,9-11H2,1-4H3. The molecule has 19 heavy (non-hydrogen) atoms. The minimum atomic E-state index is -0.697. The Bertz CT molecular complexity index is 410. The van der Waals surface area contributed by atoms with E-state index in [-0.39, 0.29) is 11.6 Å². The van der Waals surface area contributed by atoms with E-state index in [1.807, 2.05) is 13.0 Å². The zero-order valence-corrected chi connectivity index (χ0v) is 12.5. The van der Waals surface area contributed by atoms with Crippen LogP contribution in [-0.4, -0.2) is 28.8 Å². The first-order chi connectivity index (χ1) is 8.78. The lowest BCUT2D eigenvalue weighted by molar-refractivity contribution is 0.0319. The number of anilines is 1. The highest BCUT2D eigenvalue weighted by molar-refractivity contribution is 5.57. The Morgan fingerprint density at radius 3 is 2.58 bits per heavy atom. The molecule has 1 aliphatic rings. The van der Waals surface area contributed by atoms with E-state index in [2.05, 4.69) is 49.6 Å². The molecule has 0 aromatic heterocycles. The monoisotopic (exact) mass is 262 g/mol. The minimum absolute atomic E-state index is 0.0994. The molecule has 3 nitrogen and oxygen atoms in total. The van der Waals surface area contributed by atoms with Gasteiger partial charge in [-0.2, -0.15) is 0 Å². The van der Waals surface area contributed by atoms with Gasteiger partial charge in [0.2, 0.25) is 0 Å². The Labute approximate surface area is 116 Å². The molecule has 2 atom stereocenters. The van der Waals surface area contributed by atoms with Crippen LogP contribution < -0.4 is 10.6 Å². The Hall–Kier alpha value is -1.06. The van der Waals surface area contributed by atoms with Gasteiger partial charge in [-0.25, -0.2) is 0 Å². The van der Waals surface area contributed by atoms with Crippen LogP contribution in [-0.2, 0) is 6.42 Å². The molecule has 0 spiro atoms. The molecule has 2 rings (SSSR count). The van der Waals surface area contributed by atoms with Gasteiger partial charge in [-0.15, -0.1) is 0 Å². The van der Waals surface area contributed by atoms with Gasteiger partial charge in [0, 0.05) is 11.2 Å². The van der Waals surface area contributed by atoms with Crippen molar-refractivity contribution >= 4 is 5.69 Å². The van der Waals surface area contributed by atoms with Crippen molar-refractivity contribution in [3.63, 3.8) is 0 Å². The summed E-state index contributed by atoms with van der Waals surface area (Å²) in [5, 5.41) is 17.6. The second kappa shape index (κ2) is 5.14. The van der Waals surface area contributed by atoms with Crippen LogP contribution in [0, 0.1) is 0 Å². The van der Waals surface area contributed by atoms with E-state index in [9.17, 15) is 5.11 Å². The average Bonchev–Trinajstić information content (AvgIpc) is 2.71. The molecular weight excluding hydrogens is 236 g/mol. The van der Waals surface area contributed by atoms with E-state index in [0.29, 0.717) is 0 Å². The van der Waals surface area contributed by atoms with Crippen molar-refractivity contribution in [2.24, 2.45) is 0 Å². The molecule has 2 unspecified atom stereocenters. The summed E-state index contributed by atoms with van der Waals surface area (Å²) in [5.74, 6) is 0. The van der Waals surface area contributed by atoms with Crippen LogP contribution in [0.1, 0.15) is 39.7 Å². The molecule has 3 N–H and O–H groups in total. The largest absolute Gasteiger partial charge is 0.388 e. The first-order valence-electron chi connectivity index (χ1n) is 7.10. The molecule has 1 aromatic carbocycles. The predicted octanol–water partition coefficient (Wildman–Crippen LogP) is 2.55. The van der Waals surface area contributed by atoms with E-state index in [0.717, 1.165) is 25.1 Å². The quantitative estimate of drug-likeness (QED) is 0.781. The molecule has 0 fully saturated rings. The van der Waals surface area contributed by atoms with Crippen LogP contribution >= 0.6 is 0 Å². The maximum absolute atomic E-state index is 10.7. The van der Waals surface area contributed by atoms with Gasteiger partial charge >= 0.3 is 0 Å². The number of hydrogen-bond acceptors (Lipinski definition) is 3. The molecule has 1 heterocycles. The van der Waals surface area contributed by atoms with Gasteiger partial charge in [0.25, 0.3) is 0 Å². The molecule has 106 valence electrons. The van der Waals surface area contributed by atoms with Gasteiger partial charge in [0.05, 0.1) is 11.6 Å². The third kappa shape index (κ3) is 3.71. The third-order valence-electron chi connectivity index (χ3n) is 3.81. The van der Waals surface area contributed by atoms with E-state index < -0.39 is 5.60 Å². The number of rotatable bonds is 4. The maximum atomic E-state index is 10.7. The first-order valence-corrected chi connectivity index (χ1v) is 7.10. The zero-order valence-electron chi connectivity index (χ0n) is 12.5. The fourth-order valence-electron chi connectivity index (χ4n) is 2.54. The minimum Gasteiger partial charge on any atom is -0.388 e. The van der Waals surface area contributed by atoms with Crippen LogP contribution in [0.2, 0.25) is 0 Å². The zero-order chi connectivity index (χ0) is 14.1. The number of fused-ring (bicyclic) bond motifs is 1. The number of para-hydroxylation sites is 1. The van der Waals surface area contributed by atoms with Crippen LogP contribution in [0.4, 0.5) is 5.69 Å². The summed E-state index contributed by atoms with van der Waals surface area (Å²) in [6, 6.07) is 8.40. The topological polar surface area (TPSA) is 44.3 Å². The van der Waals surface area contributed by atoms with Gasteiger partial charge in [-0.05, 0) is 58.7 Å². The van der Waals surface area contributed by atoms with E-state index in [1.165, 1.54) is 5.56 Å². The van der Waals surface area contributed by atoms with Gasteiger partial charge in [-0.1, -0.05) is 18.2 Å². The molecule has 0 amide bonds. The van der Waals surface area contributed by atoms with Crippen molar-refractivity contribution in [3.05, 3.63) is 29.8 Å². The molecule has 3 heteroatoms. The van der Waals surface area contributed by atoms with Crippen molar-refractivity contribution in [1.82, 2.24) is 5.32 Å². The molecule has 0 radical (unpaired) electrons. The van der Waals surface area contributed by atoms with E-state index >= 15 is 0 Å². The summed E-state index contributed by atoms with van der Waals surface area (Å²) in [6.45, 7) is 9.19. The highest BCUT2D eigenvalue weighted by Gasteiger charge is 2.35. The van der Waals surface area contributed by atoms with Crippen molar-refractivity contribution in [1.29, 1.82) is 0 Å². The number of hydrogen-bond donors (Lipinski definition) is 3. The van der Waals surface area contributed by atoms with Crippen LogP contribution in [0.3, 0.4) is 0 Å². The van der Waals surface area contributed by atoms with Crippen LogP contribution in [0.5, 0.6) is 0 Å². The Morgan fingerprint density at radius 1 is 1.26 bits per heavy atom. The number of nitrogens with one attached hydrogen (secondary N) is 2. The van der Waals surface area contributed by atoms with E-state index in [1.54, 1.807) is 0 Å². The lowest BCUT2D eigenvalue weighted by Crippen LogP contribution is -2.47. The summed E-state index contributed by atoms with van der Waals surface area (Å²) in [6.07, 6.45) is 1.65. The van der Waals surface area contributed by atoms with Crippen molar-refractivity contribution < 1.29 is 5.11 Å². The summed E-state index contributed by atoms with van der Waals surface area (Å²) in [7, 11) is 0. The van der Waals surface area contributed by atoms with Gasteiger partial charge < -0.3 is 15.7 Å². The Morgan fingerprint density at radius 2 is 1.95 bits per heavy atom. The van der Waals surface area contributed by atoms with Crippen molar-refractivity contribution in [2.45, 2.75) is 57.7 Å². The van der Waals surface area contributed by atoms with Crippen molar-refractivity contribution in [2.75, 3.05) is 11.9 Å². The van der Waals surface area contributed by atoms with Gasteiger partial charge in [-0.3, -0.25) is 0 Å². The SMILES string of the molecule is CC(C)(C)NCCC(C)(O)C1Cc2ccccc2N1. The maximum Gasteiger partial charge on any atom is 0.0835 e. The number of aliphatic hydroxyl groups is 1. The number of benzene rings is 1. The Balaban J connectivity index is 1.92. The van der Waals surface area contributed by atoms with Crippen LogP contribution in [0.25, 0.3) is 0 Å². The predicted molar refractivity (Wildman–Crippen MR) is 80.6 cm³/mol. The van der Waals surface area contributed by atoms with Gasteiger partial charge in [0.1, 0.15) is 0 Å². The summed E-state index contributed by atoms with van der Waals surface area (Å²) in [4.78, 5) is 0. The molecular formula is C16H26N2O. The molecule has 0 aliphatic carbocycles. The molecule has 1 aliphatic heterocycles. The fraction of sp³-hybridized carbons (Fsp3) is 0.625. The fourth-order valence-corrected chi connectivity index (χ4v) is 2.54. The molecule has 0 saturated carbocycles. The molecule has 0 bridgehead atoms. The normalized spacial score (nSPS) is 21.6. The summed E-state index contributed by atoms with van der Waals surface area (Å²) in [5.41, 5.74) is 1.87. The Kier molecular flexibility index (Phi) is 3.88. The van der Waals surface area contributed by atoms with Gasteiger partial charge in [0.15, 0.2) is 0 Å². The average molecular weight is 262 g/mol. The summed E-state index contributed by atoms with van der Waals surface area (Å²) >= 11 is 0. The molecule has 1 aromatic rings. The highest BCUT2D eigenvalue weighted by Crippen LogP contribution is 2.31. The van der Waals surface area contributed by atoms with E-state index in [4.69, 9.17) is 0 Å². The molecule has 0 saturated heterocycles. The second-order valence-electron chi connectivity index (χ2n) is 6.84. The lowest BCUT2D eigenvalue weighted by Gasteiger charge is -2.32. The third-order valence-corrected chi connectivity index (χ3v) is 3.81. The van der Waals surface area contributed by atoms with Crippen LogP contribution in [0.15, 0.2) is 24.3 Å². The smallest absolute Gasteiger partial charge is 0.0835 e. The van der Waals surface area contributed by atoms with Crippen molar-refractivity contribution in [3.8, 4) is 0 Å².